The number of halogens is 2. The number of quaternary nitrogens is 1. The number of carbonyl (C=O) groups is 1. The highest BCUT2D eigenvalue weighted by atomic mass is 32.1. The van der Waals surface area contributed by atoms with Crippen molar-refractivity contribution in [3.63, 3.8) is 0 Å². The third-order valence-corrected chi connectivity index (χ3v) is 6.40. The van der Waals surface area contributed by atoms with Crippen molar-refractivity contribution in [2.24, 2.45) is 0 Å². The van der Waals surface area contributed by atoms with Crippen LogP contribution in [-0.4, -0.2) is 24.2 Å². The highest BCUT2D eigenvalue weighted by molar-refractivity contribution is 7.09. The van der Waals surface area contributed by atoms with Crippen molar-refractivity contribution < 1.29 is 18.5 Å². The number of fused-ring (bicyclic) bond motifs is 2. The number of nitrogens with one attached hydrogen (secondary N) is 3. The van der Waals surface area contributed by atoms with Crippen molar-refractivity contribution >= 4 is 23.1 Å². The molecule has 7 heteroatoms. The Morgan fingerprint density at radius 2 is 1.96 bits per heavy atom. The minimum Gasteiger partial charge on any atom is -0.335 e. The molecule has 2 fully saturated rings. The second-order valence-corrected chi connectivity index (χ2v) is 8.23. The SMILES string of the molecule is O=C(Nc1ccc(F)cc1F)NC1C[C@H]2CC[C@@H](C1)[NH+]2Cc1cccs1. The number of amides is 2. The van der Waals surface area contributed by atoms with Crippen molar-refractivity contribution in [3.05, 3.63) is 52.2 Å². The average Bonchev–Trinajstić information content (AvgIpc) is 3.18. The molecule has 0 radical (unpaired) electrons. The van der Waals surface area contributed by atoms with E-state index >= 15 is 0 Å². The minimum atomic E-state index is -0.768. The Morgan fingerprint density at radius 3 is 2.62 bits per heavy atom. The Labute approximate surface area is 155 Å². The summed E-state index contributed by atoms with van der Waals surface area (Å²) >= 11 is 1.80. The van der Waals surface area contributed by atoms with Gasteiger partial charge in [-0.1, -0.05) is 6.07 Å². The van der Waals surface area contributed by atoms with Gasteiger partial charge in [-0.05, 0) is 23.6 Å². The second kappa shape index (κ2) is 7.32. The summed E-state index contributed by atoms with van der Waals surface area (Å²) in [5.74, 6) is -1.43. The summed E-state index contributed by atoms with van der Waals surface area (Å²) in [6, 6.07) is 8.20. The minimum absolute atomic E-state index is 0.00683. The molecular weight excluding hydrogens is 356 g/mol. The van der Waals surface area contributed by atoms with Crippen LogP contribution in [0.3, 0.4) is 0 Å². The number of anilines is 1. The zero-order valence-corrected chi connectivity index (χ0v) is 15.1. The van der Waals surface area contributed by atoms with Gasteiger partial charge in [0, 0.05) is 37.8 Å². The van der Waals surface area contributed by atoms with Gasteiger partial charge in [-0.3, -0.25) is 0 Å². The summed E-state index contributed by atoms with van der Waals surface area (Å²) in [6.45, 7) is 1.06. The Hall–Kier alpha value is -1.99. The van der Waals surface area contributed by atoms with Crippen molar-refractivity contribution in [1.82, 2.24) is 5.32 Å². The van der Waals surface area contributed by atoms with Crippen LogP contribution in [0.4, 0.5) is 19.3 Å². The van der Waals surface area contributed by atoms with Crippen LogP contribution in [0.2, 0.25) is 0 Å². The van der Waals surface area contributed by atoms with E-state index in [0.717, 1.165) is 31.5 Å². The molecule has 1 aromatic heterocycles. The first-order valence-electron chi connectivity index (χ1n) is 8.99. The summed E-state index contributed by atoms with van der Waals surface area (Å²) in [4.78, 5) is 15.2. The maximum atomic E-state index is 13.7. The molecule has 2 unspecified atom stereocenters. The Bertz CT molecular complexity index is 769. The van der Waals surface area contributed by atoms with Crippen LogP contribution >= 0.6 is 11.3 Å². The molecule has 2 saturated heterocycles. The molecule has 2 amide bonds. The zero-order valence-electron chi connectivity index (χ0n) is 14.3. The molecule has 26 heavy (non-hydrogen) atoms. The number of rotatable bonds is 4. The normalized spacial score (nSPS) is 27.3. The van der Waals surface area contributed by atoms with Crippen molar-refractivity contribution in [3.8, 4) is 0 Å². The Balaban J connectivity index is 1.33. The fraction of sp³-hybridized carbons (Fsp3) is 0.421. The van der Waals surface area contributed by atoms with E-state index in [4.69, 9.17) is 0 Å². The zero-order chi connectivity index (χ0) is 18.1. The molecule has 4 nitrogen and oxygen atoms in total. The molecule has 0 spiro atoms. The summed E-state index contributed by atoms with van der Waals surface area (Å²) in [5, 5.41) is 7.57. The number of benzene rings is 1. The Morgan fingerprint density at radius 1 is 1.19 bits per heavy atom. The maximum absolute atomic E-state index is 13.7. The molecular formula is C19H22F2N3OS+. The van der Waals surface area contributed by atoms with E-state index in [-0.39, 0.29) is 11.7 Å². The topological polar surface area (TPSA) is 45.6 Å². The van der Waals surface area contributed by atoms with E-state index in [0.29, 0.717) is 12.1 Å². The molecule has 1 aromatic carbocycles. The predicted octanol–water partition coefficient (Wildman–Crippen LogP) is 2.93. The van der Waals surface area contributed by atoms with E-state index < -0.39 is 17.7 Å². The van der Waals surface area contributed by atoms with E-state index in [9.17, 15) is 13.6 Å². The molecule has 2 aliphatic heterocycles. The number of urea groups is 1. The third kappa shape index (κ3) is 3.73. The lowest BCUT2D eigenvalue weighted by Gasteiger charge is -2.36. The largest absolute Gasteiger partial charge is 0.335 e. The lowest BCUT2D eigenvalue weighted by atomic mass is 9.97. The molecule has 0 saturated carbocycles. The number of piperidine rings is 1. The highest BCUT2D eigenvalue weighted by Gasteiger charge is 2.44. The lowest BCUT2D eigenvalue weighted by Crippen LogP contribution is -3.17. The number of hydrogen-bond donors (Lipinski definition) is 3. The highest BCUT2D eigenvalue weighted by Crippen LogP contribution is 2.24. The first kappa shape index (κ1) is 17.4. The first-order chi connectivity index (χ1) is 12.6. The van der Waals surface area contributed by atoms with Gasteiger partial charge in [-0.15, -0.1) is 11.3 Å². The fourth-order valence-corrected chi connectivity index (χ4v) is 5.12. The van der Waals surface area contributed by atoms with Crippen LogP contribution in [0.25, 0.3) is 0 Å². The Kier molecular flexibility index (Phi) is 4.91. The van der Waals surface area contributed by atoms with Gasteiger partial charge in [0.2, 0.25) is 0 Å². The molecule has 4 atom stereocenters. The van der Waals surface area contributed by atoms with Crippen molar-refractivity contribution in [1.29, 1.82) is 0 Å². The van der Waals surface area contributed by atoms with Gasteiger partial charge in [-0.25, -0.2) is 13.6 Å². The monoisotopic (exact) mass is 378 g/mol. The van der Waals surface area contributed by atoms with Crippen molar-refractivity contribution in [2.45, 2.75) is 50.4 Å². The summed E-state index contributed by atoms with van der Waals surface area (Å²) in [7, 11) is 0. The molecule has 0 aliphatic carbocycles. The predicted molar refractivity (Wildman–Crippen MR) is 97.3 cm³/mol. The van der Waals surface area contributed by atoms with E-state index in [1.807, 2.05) is 0 Å². The molecule has 4 rings (SSSR count). The standard InChI is InChI=1S/C19H21F2N3OS/c20-12-3-6-18(17(21)8-12)23-19(25)22-13-9-14-4-5-15(10-13)24(14)11-16-2-1-7-26-16/h1-3,6-8,13-15H,4-5,9-11H2,(H2,22,23,25)/p+1/t13?,14-,15+. The van der Waals surface area contributed by atoms with Gasteiger partial charge in [0.1, 0.15) is 18.2 Å². The molecule has 3 N–H and O–H groups in total. The second-order valence-electron chi connectivity index (χ2n) is 7.19. The maximum Gasteiger partial charge on any atom is 0.319 e. The smallest absolute Gasteiger partial charge is 0.319 e. The quantitative estimate of drug-likeness (QED) is 0.753. The molecule has 2 aromatic rings. The van der Waals surface area contributed by atoms with Crippen LogP contribution in [0.5, 0.6) is 0 Å². The summed E-state index contributed by atoms with van der Waals surface area (Å²) < 4.78 is 26.6. The number of carbonyl (C=O) groups excluding carboxylic acids is 1. The van der Waals surface area contributed by atoms with E-state index in [1.54, 1.807) is 16.2 Å². The van der Waals surface area contributed by atoms with Crippen LogP contribution in [0.15, 0.2) is 35.7 Å². The van der Waals surface area contributed by atoms with E-state index in [1.165, 1.54) is 23.8 Å². The lowest BCUT2D eigenvalue weighted by molar-refractivity contribution is -0.954. The van der Waals surface area contributed by atoms with Crippen LogP contribution in [-0.2, 0) is 6.54 Å². The van der Waals surface area contributed by atoms with Gasteiger partial charge in [0.25, 0.3) is 0 Å². The van der Waals surface area contributed by atoms with Crippen LogP contribution in [0, 0.1) is 11.6 Å². The van der Waals surface area contributed by atoms with Crippen LogP contribution in [0.1, 0.15) is 30.6 Å². The first-order valence-corrected chi connectivity index (χ1v) is 9.87. The van der Waals surface area contributed by atoms with Gasteiger partial charge >= 0.3 is 6.03 Å². The van der Waals surface area contributed by atoms with Gasteiger partial charge in [0.15, 0.2) is 0 Å². The third-order valence-electron chi connectivity index (χ3n) is 5.52. The van der Waals surface area contributed by atoms with Crippen molar-refractivity contribution in [2.75, 3.05) is 5.32 Å². The van der Waals surface area contributed by atoms with Crippen LogP contribution < -0.4 is 15.5 Å². The fourth-order valence-electron chi connectivity index (χ4n) is 4.38. The number of thiophene rings is 1. The van der Waals surface area contributed by atoms with Gasteiger partial charge < -0.3 is 15.5 Å². The summed E-state index contributed by atoms with van der Waals surface area (Å²) in [5.41, 5.74) is -0.00683. The van der Waals surface area contributed by atoms with Gasteiger partial charge in [0.05, 0.1) is 22.6 Å². The number of hydrogen-bond acceptors (Lipinski definition) is 2. The molecule has 138 valence electrons. The molecule has 3 heterocycles. The average molecular weight is 378 g/mol. The molecule has 2 bridgehead atoms. The van der Waals surface area contributed by atoms with E-state index in [2.05, 4.69) is 28.1 Å². The molecule has 2 aliphatic rings. The summed E-state index contributed by atoms with van der Waals surface area (Å²) in [6.07, 6.45) is 4.27. The van der Waals surface area contributed by atoms with Gasteiger partial charge in [-0.2, -0.15) is 0 Å².